The number of nitrogens with one attached hydrogen (secondary N) is 1. The lowest BCUT2D eigenvalue weighted by Crippen LogP contribution is -2.15. The number of halogens is 2. The molecule has 2 aromatic carbocycles. The van der Waals surface area contributed by atoms with Crippen LogP contribution in [0.3, 0.4) is 0 Å². The molecule has 1 aromatic heterocycles. The number of hydrogen-bond donors (Lipinski definition) is 1. The Labute approximate surface area is 162 Å². The number of nitrogens with zero attached hydrogens (tertiary/aromatic N) is 1. The van der Waals surface area contributed by atoms with E-state index in [0.29, 0.717) is 35.2 Å². The third kappa shape index (κ3) is 4.96. The van der Waals surface area contributed by atoms with E-state index in [9.17, 15) is 4.39 Å². The molecule has 27 heavy (non-hydrogen) atoms. The van der Waals surface area contributed by atoms with Gasteiger partial charge < -0.3 is 14.8 Å². The summed E-state index contributed by atoms with van der Waals surface area (Å²) in [5.74, 6) is 0.750. The Kier molecular flexibility index (Phi) is 6.63. The number of methoxy groups -OCH3 is 1. The maximum atomic E-state index is 14.0. The first-order valence-corrected chi connectivity index (χ1v) is 8.89. The van der Waals surface area contributed by atoms with E-state index in [1.807, 2.05) is 30.3 Å². The predicted molar refractivity (Wildman–Crippen MR) is 104 cm³/mol. The summed E-state index contributed by atoms with van der Waals surface area (Å²) in [5, 5.41) is 3.67. The van der Waals surface area contributed by atoms with Crippen molar-refractivity contribution in [1.82, 2.24) is 10.3 Å². The minimum atomic E-state index is -0.396. The van der Waals surface area contributed by atoms with Gasteiger partial charge in [-0.05, 0) is 30.3 Å². The normalized spacial score (nSPS) is 10.6. The molecule has 4 nitrogen and oxygen atoms in total. The van der Waals surface area contributed by atoms with E-state index in [0.717, 1.165) is 11.3 Å². The molecule has 0 unspecified atom stereocenters. The molecule has 140 valence electrons. The zero-order chi connectivity index (χ0) is 19.1. The molecular weight excluding hydrogens is 367 g/mol. The van der Waals surface area contributed by atoms with Gasteiger partial charge in [0.15, 0.2) is 11.5 Å². The van der Waals surface area contributed by atoms with Crippen LogP contribution in [0.1, 0.15) is 16.8 Å². The molecule has 0 aliphatic carbocycles. The van der Waals surface area contributed by atoms with Gasteiger partial charge in [-0.2, -0.15) is 0 Å². The number of hydrogen-bond acceptors (Lipinski definition) is 4. The van der Waals surface area contributed by atoms with Crippen molar-refractivity contribution in [2.45, 2.75) is 19.7 Å². The van der Waals surface area contributed by atoms with Crippen LogP contribution in [0.4, 0.5) is 4.39 Å². The number of ether oxygens (including phenoxy) is 2. The summed E-state index contributed by atoms with van der Waals surface area (Å²) >= 11 is 6.09. The van der Waals surface area contributed by atoms with Crippen LogP contribution in [0.5, 0.6) is 11.5 Å². The fraction of sp³-hybridized carbons (Fsp3) is 0.190. The van der Waals surface area contributed by atoms with Crippen LogP contribution < -0.4 is 14.8 Å². The SMILES string of the molecule is COc1cccc(CNCc2ccccn2)c1OCc1c(F)cccc1Cl. The van der Waals surface area contributed by atoms with Gasteiger partial charge in [-0.25, -0.2) is 4.39 Å². The average molecular weight is 387 g/mol. The molecule has 0 spiro atoms. The Bertz CT molecular complexity index is 870. The van der Waals surface area contributed by atoms with Crippen molar-refractivity contribution in [3.63, 3.8) is 0 Å². The Balaban J connectivity index is 1.73. The standard InChI is InChI=1S/C21H20ClFN2O2/c1-26-20-10-4-6-15(12-24-13-16-7-2-3-11-25-16)21(20)27-14-17-18(22)8-5-9-19(17)23/h2-11,24H,12-14H2,1H3. The molecule has 3 rings (SSSR count). The van der Waals surface area contributed by atoms with Gasteiger partial charge in [0.2, 0.25) is 0 Å². The third-order valence-electron chi connectivity index (χ3n) is 4.05. The van der Waals surface area contributed by atoms with Crippen molar-refractivity contribution >= 4 is 11.6 Å². The summed E-state index contributed by atoms with van der Waals surface area (Å²) in [6, 6.07) is 16.0. The van der Waals surface area contributed by atoms with Crippen molar-refractivity contribution in [3.8, 4) is 11.5 Å². The molecule has 1 N–H and O–H groups in total. The van der Waals surface area contributed by atoms with Crippen LogP contribution in [-0.4, -0.2) is 12.1 Å². The van der Waals surface area contributed by atoms with Gasteiger partial charge in [-0.3, -0.25) is 4.98 Å². The summed E-state index contributed by atoms with van der Waals surface area (Å²) < 4.78 is 25.3. The van der Waals surface area contributed by atoms with Gasteiger partial charge in [0.1, 0.15) is 12.4 Å². The molecule has 6 heteroatoms. The highest BCUT2D eigenvalue weighted by molar-refractivity contribution is 6.31. The molecule has 0 bridgehead atoms. The quantitative estimate of drug-likeness (QED) is 0.606. The van der Waals surface area contributed by atoms with Gasteiger partial charge >= 0.3 is 0 Å². The average Bonchev–Trinajstić information content (AvgIpc) is 2.69. The topological polar surface area (TPSA) is 43.4 Å². The molecule has 0 saturated heterocycles. The van der Waals surface area contributed by atoms with Gasteiger partial charge in [0.25, 0.3) is 0 Å². The highest BCUT2D eigenvalue weighted by Crippen LogP contribution is 2.32. The number of aromatic nitrogens is 1. The van der Waals surface area contributed by atoms with Gasteiger partial charge in [0.05, 0.1) is 17.8 Å². The summed E-state index contributed by atoms with van der Waals surface area (Å²) in [7, 11) is 1.57. The zero-order valence-corrected chi connectivity index (χ0v) is 15.7. The molecule has 0 radical (unpaired) electrons. The second-order valence-electron chi connectivity index (χ2n) is 5.86. The number of rotatable bonds is 8. The molecular formula is C21H20ClFN2O2. The summed E-state index contributed by atoms with van der Waals surface area (Å²) in [6.45, 7) is 1.18. The van der Waals surface area contributed by atoms with Gasteiger partial charge in [0, 0.05) is 30.4 Å². The maximum Gasteiger partial charge on any atom is 0.166 e. The first-order chi connectivity index (χ1) is 13.2. The Morgan fingerprint density at radius 2 is 1.89 bits per heavy atom. The lowest BCUT2D eigenvalue weighted by atomic mass is 10.1. The van der Waals surface area contributed by atoms with Crippen LogP contribution >= 0.6 is 11.6 Å². The smallest absolute Gasteiger partial charge is 0.166 e. The van der Waals surface area contributed by atoms with Crippen molar-refractivity contribution < 1.29 is 13.9 Å². The number of pyridine rings is 1. The molecule has 0 saturated carbocycles. The number of para-hydroxylation sites is 1. The number of benzene rings is 2. The monoisotopic (exact) mass is 386 g/mol. The first kappa shape index (κ1) is 19.1. The maximum absolute atomic E-state index is 14.0. The Morgan fingerprint density at radius 1 is 1.04 bits per heavy atom. The second kappa shape index (κ2) is 9.35. The van der Waals surface area contributed by atoms with E-state index in [1.54, 1.807) is 31.5 Å². The second-order valence-corrected chi connectivity index (χ2v) is 6.27. The van der Waals surface area contributed by atoms with E-state index in [1.165, 1.54) is 6.07 Å². The molecule has 0 amide bonds. The van der Waals surface area contributed by atoms with E-state index in [-0.39, 0.29) is 6.61 Å². The molecule has 0 aliphatic heterocycles. The Morgan fingerprint density at radius 3 is 2.63 bits per heavy atom. The lowest BCUT2D eigenvalue weighted by Gasteiger charge is -2.16. The predicted octanol–water partition coefficient (Wildman–Crippen LogP) is 4.75. The first-order valence-electron chi connectivity index (χ1n) is 8.51. The summed E-state index contributed by atoms with van der Waals surface area (Å²) in [6.07, 6.45) is 1.76. The highest BCUT2D eigenvalue weighted by atomic mass is 35.5. The highest BCUT2D eigenvalue weighted by Gasteiger charge is 2.14. The van der Waals surface area contributed by atoms with Crippen LogP contribution in [0.15, 0.2) is 60.8 Å². The summed E-state index contributed by atoms with van der Waals surface area (Å²) in [5.41, 5.74) is 2.16. The molecule has 0 fully saturated rings. The van der Waals surface area contributed by atoms with Crippen LogP contribution in [0.25, 0.3) is 0 Å². The van der Waals surface area contributed by atoms with Crippen molar-refractivity contribution in [2.24, 2.45) is 0 Å². The van der Waals surface area contributed by atoms with Crippen LogP contribution in [0, 0.1) is 5.82 Å². The molecule has 0 aliphatic rings. The Hall–Kier alpha value is -2.63. The van der Waals surface area contributed by atoms with Gasteiger partial charge in [-0.15, -0.1) is 0 Å². The lowest BCUT2D eigenvalue weighted by molar-refractivity contribution is 0.276. The molecule has 1 heterocycles. The van der Waals surface area contributed by atoms with Crippen LogP contribution in [0.2, 0.25) is 5.02 Å². The van der Waals surface area contributed by atoms with E-state index in [2.05, 4.69) is 10.3 Å². The molecule has 0 atom stereocenters. The van der Waals surface area contributed by atoms with Crippen molar-refractivity contribution in [3.05, 3.63) is 88.5 Å². The molecule has 3 aromatic rings. The summed E-state index contributed by atoms with van der Waals surface area (Å²) in [4.78, 5) is 4.29. The minimum absolute atomic E-state index is 0.0130. The minimum Gasteiger partial charge on any atom is -0.493 e. The van der Waals surface area contributed by atoms with E-state index >= 15 is 0 Å². The third-order valence-corrected chi connectivity index (χ3v) is 4.40. The van der Waals surface area contributed by atoms with Crippen molar-refractivity contribution in [1.29, 1.82) is 0 Å². The van der Waals surface area contributed by atoms with Gasteiger partial charge in [-0.1, -0.05) is 35.9 Å². The fourth-order valence-corrected chi connectivity index (χ4v) is 2.89. The van der Waals surface area contributed by atoms with E-state index in [4.69, 9.17) is 21.1 Å². The van der Waals surface area contributed by atoms with E-state index < -0.39 is 5.82 Å². The van der Waals surface area contributed by atoms with Crippen LogP contribution in [-0.2, 0) is 19.7 Å². The zero-order valence-electron chi connectivity index (χ0n) is 14.9. The fourth-order valence-electron chi connectivity index (χ4n) is 2.67. The largest absolute Gasteiger partial charge is 0.493 e. The van der Waals surface area contributed by atoms with Crippen molar-refractivity contribution in [2.75, 3.05) is 7.11 Å².